The maximum absolute atomic E-state index is 13.8. The van der Waals surface area contributed by atoms with Crippen molar-refractivity contribution in [1.29, 1.82) is 0 Å². The van der Waals surface area contributed by atoms with Crippen molar-refractivity contribution in [3.05, 3.63) is 74.2 Å². The van der Waals surface area contributed by atoms with Gasteiger partial charge in [-0.05, 0) is 49.3 Å². The van der Waals surface area contributed by atoms with Gasteiger partial charge >= 0.3 is 4.87 Å². The number of methoxy groups -OCH3 is 1. The van der Waals surface area contributed by atoms with Gasteiger partial charge < -0.3 is 9.72 Å². The second-order valence-corrected chi connectivity index (χ2v) is 12.3. The molecule has 4 aliphatic rings. The first kappa shape index (κ1) is 21.4. The number of aromatic amines is 1. The van der Waals surface area contributed by atoms with Crippen molar-refractivity contribution < 1.29 is 14.3 Å². The number of carbonyl (C=O) groups excluding carboxylic acids is 2. The van der Waals surface area contributed by atoms with E-state index in [0.29, 0.717) is 5.69 Å². The number of rotatable bonds is 3. The lowest BCUT2D eigenvalue weighted by Gasteiger charge is -2.43. The van der Waals surface area contributed by atoms with Crippen LogP contribution in [-0.4, -0.2) is 29.2 Å². The maximum Gasteiger partial charge on any atom is 0.305 e. The molecular weight excluding hydrogens is 480 g/mol. The van der Waals surface area contributed by atoms with Crippen molar-refractivity contribution in [2.45, 2.75) is 29.5 Å². The molecule has 3 fully saturated rings. The zero-order valence-corrected chi connectivity index (χ0v) is 20.9. The van der Waals surface area contributed by atoms with Crippen LogP contribution in [0, 0.1) is 36.5 Å². The van der Waals surface area contributed by atoms with Gasteiger partial charge in [-0.25, -0.2) is 0 Å². The van der Waals surface area contributed by atoms with E-state index in [1.54, 1.807) is 18.9 Å². The maximum atomic E-state index is 13.8. The van der Waals surface area contributed by atoms with Gasteiger partial charge in [-0.1, -0.05) is 47.2 Å². The van der Waals surface area contributed by atoms with E-state index in [9.17, 15) is 14.4 Å². The Bertz CT molecular complexity index is 1430. The highest BCUT2D eigenvalue weighted by atomic mass is 32.2. The molecule has 0 spiro atoms. The third kappa shape index (κ3) is 2.87. The van der Waals surface area contributed by atoms with Gasteiger partial charge in [-0.15, -0.1) is 11.8 Å². The Morgan fingerprint density at radius 2 is 1.69 bits per heavy atom. The number of hydrogen-bond donors (Lipinski definition) is 1. The Kier molecular flexibility index (Phi) is 4.64. The van der Waals surface area contributed by atoms with Gasteiger partial charge in [0.2, 0.25) is 11.8 Å². The molecule has 35 heavy (non-hydrogen) atoms. The number of nitrogens with one attached hydrogen (secondary N) is 1. The van der Waals surface area contributed by atoms with Crippen LogP contribution < -0.4 is 14.5 Å². The summed E-state index contributed by atoms with van der Waals surface area (Å²) in [7, 11) is 1.67. The molecule has 2 aliphatic carbocycles. The number of carbonyl (C=O) groups is 2. The van der Waals surface area contributed by atoms with E-state index in [1.807, 2.05) is 49.4 Å². The molecule has 2 bridgehead atoms. The van der Waals surface area contributed by atoms with Crippen LogP contribution in [0.3, 0.4) is 0 Å². The van der Waals surface area contributed by atoms with Crippen molar-refractivity contribution in [2.24, 2.45) is 29.6 Å². The van der Waals surface area contributed by atoms with Crippen LogP contribution in [0.25, 0.3) is 0 Å². The van der Waals surface area contributed by atoms with Gasteiger partial charge in [0, 0.05) is 21.6 Å². The number of amides is 2. The predicted octanol–water partition coefficient (Wildman–Crippen LogP) is 4.43. The van der Waals surface area contributed by atoms with E-state index >= 15 is 0 Å². The highest BCUT2D eigenvalue weighted by molar-refractivity contribution is 8.00. The number of thioether (sulfide) groups is 1. The molecule has 8 heteroatoms. The fraction of sp³-hybridized carbons (Fsp3) is 0.370. The molecule has 2 aliphatic heterocycles. The Labute approximate surface area is 210 Å². The van der Waals surface area contributed by atoms with Crippen LogP contribution in [0.15, 0.2) is 58.4 Å². The summed E-state index contributed by atoms with van der Waals surface area (Å²) in [6.07, 6.45) is 0.877. The number of para-hydroxylation sites is 1. The third-order valence-corrected chi connectivity index (χ3v) is 11.1. The minimum atomic E-state index is -0.301. The molecule has 3 aromatic rings. The fourth-order valence-electron chi connectivity index (χ4n) is 7.24. The molecule has 7 rings (SSSR count). The molecular formula is C27H24N2O4S2. The first-order valence-corrected chi connectivity index (χ1v) is 13.6. The Morgan fingerprint density at radius 3 is 2.43 bits per heavy atom. The molecule has 2 aromatic carbocycles. The molecule has 2 amide bonds. The number of hydrogen-bond acceptors (Lipinski definition) is 6. The number of ether oxygens (including phenoxy) is 1. The minimum Gasteiger partial charge on any atom is -0.496 e. The molecule has 6 unspecified atom stereocenters. The van der Waals surface area contributed by atoms with E-state index in [0.717, 1.165) is 33.2 Å². The first-order valence-electron chi connectivity index (χ1n) is 11.9. The summed E-state index contributed by atoms with van der Waals surface area (Å²) in [6, 6.07) is 15.6. The number of H-pyrrole nitrogens is 1. The van der Waals surface area contributed by atoms with Crippen LogP contribution in [0.2, 0.25) is 0 Å². The Morgan fingerprint density at radius 1 is 0.971 bits per heavy atom. The zero-order chi connectivity index (χ0) is 24.0. The molecule has 7 atom stereocenters. The second-order valence-electron chi connectivity index (χ2n) is 10.0. The Hall–Kier alpha value is -2.84. The molecule has 2 saturated carbocycles. The van der Waals surface area contributed by atoms with Gasteiger partial charge in [0.25, 0.3) is 0 Å². The number of nitrogens with zero attached hydrogens (tertiary/aromatic N) is 1. The standard InChI is InChI=1S/C27H24N2O4S2/c1-12-7-9-13(10-8-12)29-25(30)20-15-11-16(21(20)26(29)31)22-19(15)18(14-5-3-4-6-17(14)33-2)23-24(34-22)28-27(32)35-23/h3-10,15-16,18-22H,11H2,1-2H3,(H,28,32)/t15?,16?,18-,19?,20?,21?,22?/m1/s1. The van der Waals surface area contributed by atoms with E-state index < -0.39 is 0 Å². The normalized spacial score (nSPS) is 32.5. The highest BCUT2D eigenvalue weighted by Gasteiger charge is 2.69. The lowest BCUT2D eigenvalue weighted by molar-refractivity contribution is -0.123. The second kappa shape index (κ2) is 7.58. The van der Waals surface area contributed by atoms with Crippen molar-refractivity contribution in [3.8, 4) is 5.75 Å². The number of imide groups is 1. The van der Waals surface area contributed by atoms with Crippen LogP contribution in [0.4, 0.5) is 5.69 Å². The fourth-order valence-corrected chi connectivity index (χ4v) is 10.1. The van der Waals surface area contributed by atoms with Crippen molar-refractivity contribution in [1.82, 2.24) is 4.98 Å². The summed E-state index contributed by atoms with van der Waals surface area (Å²) >= 11 is 2.97. The summed E-state index contributed by atoms with van der Waals surface area (Å²) in [4.78, 5) is 45.3. The van der Waals surface area contributed by atoms with Crippen LogP contribution >= 0.6 is 23.1 Å². The van der Waals surface area contributed by atoms with E-state index in [1.165, 1.54) is 16.2 Å². The summed E-state index contributed by atoms with van der Waals surface area (Å²) in [6.45, 7) is 2.00. The SMILES string of the molecule is COc1ccccc1[C@H]1c2sc(=O)[nH]c2SC2C3CC(C4C(=O)N(c5ccc(C)cc5)C(=O)C34)C21. The van der Waals surface area contributed by atoms with Gasteiger partial charge in [0.1, 0.15) is 5.75 Å². The lowest BCUT2D eigenvalue weighted by Crippen LogP contribution is -2.42. The lowest BCUT2D eigenvalue weighted by atomic mass is 9.68. The van der Waals surface area contributed by atoms with Gasteiger partial charge in [-0.2, -0.15) is 0 Å². The zero-order valence-electron chi connectivity index (χ0n) is 19.3. The summed E-state index contributed by atoms with van der Waals surface area (Å²) in [5, 5.41) is 1.08. The first-order chi connectivity index (χ1) is 17.0. The highest BCUT2D eigenvalue weighted by Crippen LogP contribution is 2.69. The summed E-state index contributed by atoms with van der Waals surface area (Å²) in [5.41, 5.74) is 2.81. The van der Waals surface area contributed by atoms with Crippen molar-refractivity contribution in [2.75, 3.05) is 12.0 Å². The molecule has 1 saturated heterocycles. The molecule has 6 nitrogen and oxygen atoms in total. The smallest absolute Gasteiger partial charge is 0.305 e. The minimum absolute atomic E-state index is 0.0383. The van der Waals surface area contributed by atoms with Crippen LogP contribution in [-0.2, 0) is 9.59 Å². The third-order valence-electron chi connectivity index (χ3n) is 8.49. The molecule has 3 heterocycles. The Balaban J connectivity index is 1.34. The van der Waals surface area contributed by atoms with E-state index in [-0.39, 0.29) is 57.4 Å². The molecule has 0 radical (unpaired) electrons. The van der Waals surface area contributed by atoms with E-state index in [4.69, 9.17) is 4.74 Å². The number of benzene rings is 2. The van der Waals surface area contributed by atoms with Crippen LogP contribution in [0.5, 0.6) is 5.75 Å². The summed E-state index contributed by atoms with van der Waals surface area (Å²) < 4.78 is 5.74. The quantitative estimate of drug-likeness (QED) is 0.534. The average molecular weight is 505 g/mol. The molecule has 178 valence electrons. The van der Waals surface area contributed by atoms with Crippen LogP contribution in [0.1, 0.15) is 28.3 Å². The topological polar surface area (TPSA) is 79.5 Å². The predicted molar refractivity (Wildman–Crippen MR) is 135 cm³/mol. The van der Waals surface area contributed by atoms with Crippen molar-refractivity contribution in [3.63, 3.8) is 0 Å². The number of anilines is 1. The van der Waals surface area contributed by atoms with Gasteiger partial charge in [-0.3, -0.25) is 19.3 Å². The van der Waals surface area contributed by atoms with Gasteiger partial charge in [0.15, 0.2) is 0 Å². The van der Waals surface area contributed by atoms with Gasteiger partial charge in [0.05, 0.1) is 29.7 Å². The molecule has 1 N–H and O–H groups in total. The molecule has 1 aromatic heterocycles. The number of aromatic nitrogens is 1. The number of aryl methyl sites for hydroxylation is 1. The number of thiazole rings is 1. The van der Waals surface area contributed by atoms with Crippen molar-refractivity contribution >= 4 is 40.6 Å². The average Bonchev–Trinajstić information content (AvgIpc) is 3.59. The summed E-state index contributed by atoms with van der Waals surface area (Å²) in [5.74, 6) is 0.415. The van der Waals surface area contributed by atoms with E-state index in [2.05, 4.69) is 11.1 Å². The monoisotopic (exact) mass is 504 g/mol. The number of fused-ring (bicyclic) bond motifs is 9. The largest absolute Gasteiger partial charge is 0.496 e.